The number of ether oxygens (including phenoxy) is 1. The molecule has 4 nitrogen and oxygen atoms in total. The Balaban J connectivity index is 1.81. The molecule has 1 aromatic carbocycles. The predicted molar refractivity (Wildman–Crippen MR) is 86.4 cm³/mol. The lowest BCUT2D eigenvalue weighted by molar-refractivity contribution is 0.0172. The zero-order valence-corrected chi connectivity index (χ0v) is 13.8. The molecule has 1 aromatic rings. The van der Waals surface area contributed by atoms with Crippen LogP contribution in [0.4, 0.5) is 4.79 Å². The lowest BCUT2D eigenvalue weighted by atomic mass is 9.80. The number of piperidine rings is 1. The molecule has 0 bridgehead atoms. The van der Waals surface area contributed by atoms with Gasteiger partial charge in [-0.15, -0.1) is 0 Å². The molecule has 1 heterocycles. The van der Waals surface area contributed by atoms with E-state index in [4.69, 9.17) is 4.74 Å². The molecule has 2 unspecified atom stereocenters. The average molecular weight is 305 g/mol. The van der Waals surface area contributed by atoms with Crippen molar-refractivity contribution in [3.8, 4) is 0 Å². The van der Waals surface area contributed by atoms with Gasteiger partial charge in [-0.2, -0.15) is 0 Å². The molecule has 0 aliphatic carbocycles. The first kappa shape index (κ1) is 16.8. The Morgan fingerprint density at radius 1 is 1.36 bits per heavy atom. The van der Waals surface area contributed by atoms with E-state index in [1.165, 1.54) is 0 Å². The number of carbonyl (C=O) groups is 1. The van der Waals surface area contributed by atoms with Crippen LogP contribution in [0.25, 0.3) is 0 Å². The molecule has 2 atom stereocenters. The third-order valence-electron chi connectivity index (χ3n) is 4.31. The summed E-state index contributed by atoms with van der Waals surface area (Å²) < 4.78 is 5.39. The highest BCUT2D eigenvalue weighted by Gasteiger charge is 2.32. The molecular weight excluding hydrogens is 278 g/mol. The predicted octanol–water partition coefficient (Wildman–Crippen LogP) is 3.44. The average Bonchev–Trinajstić information content (AvgIpc) is 2.46. The number of aliphatic hydroxyl groups is 1. The van der Waals surface area contributed by atoms with Crippen LogP contribution in [-0.2, 0) is 11.3 Å². The molecule has 4 heteroatoms. The van der Waals surface area contributed by atoms with E-state index in [1.54, 1.807) is 4.90 Å². The zero-order chi connectivity index (χ0) is 16.2. The van der Waals surface area contributed by atoms with E-state index >= 15 is 0 Å². The van der Waals surface area contributed by atoms with Gasteiger partial charge in [0, 0.05) is 13.1 Å². The van der Waals surface area contributed by atoms with Crippen LogP contribution in [0.3, 0.4) is 0 Å². The summed E-state index contributed by atoms with van der Waals surface area (Å²) in [5, 5.41) is 9.97. The third kappa shape index (κ3) is 5.02. The lowest BCUT2D eigenvalue weighted by Gasteiger charge is -2.38. The summed E-state index contributed by atoms with van der Waals surface area (Å²) in [7, 11) is 0. The first-order valence-corrected chi connectivity index (χ1v) is 8.03. The van der Waals surface area contributed by atoms with Crippen LogP contribution in [0.1, 0.15) is 39.2 Å². The maximum Gasteiger partial charge on any atom is 0.410 e. The van der Waals surface area contributed by atoms with Crippen LogP contribution in [0.5, 0.6) is 0 Å². The Hall–Kier alpha value is -1.55. The lowest BCUT2D eigenvalue weighted by Crippen LogP contribution is -2.44. The Labute approximate surface area is 133 Å². The van der Waals surface area contributed by atoms with Gasteiger partial charge in [-0.05, 0) is 44.1 Å². The highest BCUT2D eigenvalue weighted by molar-refractivity contribution is 5.67. The quantitative estimate of drug-likeness (QED) is 0.927. The molecule has 1 aliphatic heterocycles. The van der Waals surface area contributed by atoms with Gasteiger partial charge in [0.05, 0.1) is 5.60 Å². The van der Waals surface area contributed by atoms with Gasteiger partial charge >= 0.3 is 6.09 Å². The Morgan fingerprint density at radius 2 is 2.05 bits per heavy atom. The third-order valence-corrected chi connectivity index (χ3v) is 4.31. The van der Waals surface area contributed by atoms with Gasteiger partial charge in [-0.3, -0.25) is 0 Å². The van der Waals surface area contributed by atoms with Crippen LogP contribution in [-0.4, -0.2) is 34.8 Å². The maximum absolute atomic E-state index is 12.2. The molecule has 0 spiro atoms. The van der Waals surface area contributed by atoms with Gasteiger partial charge < -0.3 is 14.7 Å². The second-order valence-electron chi connectivity index (χ2n) is 7.03. The molecule has 0 radical (unpaired) electrons. The maximum atomic E-state index is 12.2. The normalized spacial score (nSPS) is 22.5. The number of benzene rings is 1. The number of carbonyl (C=O) groups excluding carboxylic acids is 1. The number of nitrogens with zero attached hydrogens (tertiary/aromatic N) is 1. The smallest absolute Gasteiger partial charge is 0.410 e. The topological polar surface area (TPSA) is 49.8 Å². The van der Waals surface area contributed by atoms with Crippen molar-refractivity contribution in [2.75, 3.05) is 13.1 Å². The molecule has 1 N–H and O–H groups in total. The highest BCUT2D eigenvalue weighted by Crippen LogP contribution is 2.30. The Morgan fingerprint density at radius 3 is 2.64 bits per heavy atom. The molecular formula is C18H27NO3. The minimum Gasteiger partial charge on any atom is -0.445 e. The SMILES string of the molecule is CC1CN(C(=O)OCc2ccccc2)CCC1CC(C)(C)O. The van der Waals surface area contributed by atoms with Crippen molar-refractivity contribution in [2.24, 2.45) is 11.8 Å². The standard InChI is InChI=1S/C18H27NO3/c1-14-12-19(10-9-16(14)11-18(2,3)21)17(20)22-13-15-7-5-4-6-8-15/h4-8,14,16,21H,9-13H2,1-3H3. The Bertz CT molecular complexity index is 481. The molecule has 1 fully saturated rings. The van der Waals surface area contributed by atoms with Gasteiger partial charge in [0.25, 0.3) is 0 Å². The van der Waals surface area contributed by atoms with E-state index in [2.05, 4.69) is 6.92 Å². The Kier molecular flexibility index (Phi) is 5.46. The van der Waals surface area contributed by atoms with Gasteiger partial charge in [0.2, 0.25) is 0 Å². The summed E-state index contributed by atoms with van der Waals surface area (Å²) in [6, 6.07) is 9.72. The van der Waals surface area contributed by atoms with Crippen LogP contribution in [0, 0.1) is 11.8 Å². The van der Waals surface area contributed by atoms with E-state index < -0.39 is 5.60 Å². The fourth-order valence-corrected chi connectivity index (χ4v) is 3.12. The first-order valence-electron chi connectivity index (χ1n) is 8.03. The van der Waals surface area contributed by atoms with Crippen molar-refractivity contribution in [2.45, 2.75) is 45.8 Å². The fraction of sp³-hybridized carbons (Fsp3) is 0.611. The van der Waals surface area contributed by atoms with Crippen molar-refractivity contribution < 1.29 is 14.6 Å². The second kappa shape index (κ2) is 7.14. The number of likely N-dealkylation sites (tertiary alicyclic amines) is 1. The molecule has 122 valence electrons. The van der Waals surface area contributed by atoms with Crippen molar-refractivity contribution >= 4 is 6.09 Å². The van der Waals surface area contributed by atoms with Gasteiger partial charge in [0.15, 0.2) is 0 Å². The van der Waals surface area contributed by atoms with Crippen molar-refractivity contribution in [1.82, 2.24) is 4.90 Å². The van der Waals surface area contributed by atoms with E-state index in [0.717, 1.165) is 18.4 Å². The van der Waals surface area contributed by atoms with Crippen LogP contribution >= 0.6 is 0 Å². The molecule has 22 heavy (non-hydrogen) atoms. The number of hydrogen-bond acceptors (Lipinski definition) is 3. The van der Waals surface area contributed by atoms with E-state index in [1.807, 2.05) is 44.2 Å². The molecule has 0 saturated carbocycles. The highest BCUT2D eigenvalue weighted by atomic mass is 16.6. The molecule has 0 aromatic heterocycles. The number of amides is 1. The summed E-state index contributed by atoms with van der Waals surface area (Å²) in [5.74, 6) is 0.836. The van der Waals surface area contributed by atoms with Gasteiger partial charge in [-0.25, -0.2) is 4.79 Å². The molecule has 1 saturated heterocycles. The minimum atomic E-state index is -0.644. The van der Waals surface area contributed by atoms with Crippen molar-refractivity contribution in [3.05, 3.63) is 35.9 Å². The zero-order valence-electron chi connectivity index (χ0n) is 13.8. The van der Waals surface area contributed by atoms with Crippen molar-refractivity contribution in [3.63, 3.8) is 0 Å². The second-order valence-corrected chi connectivity index (χ2v) is 7.03. The molecule has 1 amide bonds. The number of rotatable bonds is 4. The monoisotopic (exact) mass is 305 g/mol. The van der Waals surface area contributed by atoms with E-state index in [9.17, 15) is 9.90 Å². The van der Waals surface area contributed by atoms with Crippen LogP contribution < -0.4 is 0 Å². The minimum absolute atomic E-state index is 0.239. The van der Waals surface area contributed by atoms with Gasteiger partial charge in [-0.1, -0.05) is 37.3 Å². The largest absolute Gasteiger partial charge is 0.445 e. The summed E-state index contributed by atoms with van der Waals surface area (Å²) in [4.78, 5) is 13.9. The summed E-state index contributed by atoms with van der Waals surface area (Å²) in [6.45, 7) is 7.57. The van der Waals surface area contributed by atoms with E-state index in [-0.39, 0.29) is 6.09 Å². The summed E-state index contributed by atoms with van der Waals surface area (Å²) in [5.41, 5.74) is 0.357. The van der Waals surface area contributed by atoms with E-state index in [0.29, 0.717) is 31.5 Å². The summed E-state index contributed by atoms with van der Waals surface area (Å²) in [6.07, 6.45) is 1.46. The fourth-order valence-electron chi connectivity index (χ4n) is 3.12. The van der Waals surface area contributed by atoms with Crippen molar-refractivity contribution in [1.29, 1.82) is 0 Å². The molecule has 2 rings (SSSR count). The van der Waals surface area contributed by atoms with Crippen LogP contribution in [0.2, 0.25) is 0 Å². The summed E-state index contributed by atoms with van der Waals surface area (Å²) >= 11 is 0. The van der Waals surface area contributed by atoms with Gasteiger partial charge in [0.1, 0.15) is 6.61 Å². The number of hydrogen-bond donors (Lipinski definition) is 1. The first-order chi connectivity index (χ1) is 10.3. The molecule has 1 aliphatic rings. The van der Waals surface area contributed by atoms with Crippen LogP contribution in [0.15, 0.2) is 30.3 Å².